The fourth-order valence-corrected chi connectivity index (χ4v) is 37.2. The average Bonchev–Trinajstić information content (AvgIpc) is 3.17. The van der Waals surface area contributed by atoms with Gasteiger partial charge in [0.05, 0.1) is 48.4 Å². The van der Waals surface area contributed by atoms with Crippen LogP contribution < -0.4 is 89.1 Å². The molecular weight excluding hydrogens is 891 g/mol. The van der Waals surface area contributed by atoms with Crippen LogP contribution in [-0.4, -0.2) is 56.5 Å². The Hall–Kier alpha value is 0.112. The second-order valence-corrected chi connectivity index (χ2v) is 56.0. The van der Waals surface area contributed by atoms with Crippen LogP contribution in [0.5, 0.6) is 0 Å². The van der Waals surface area contributed by atoms with E-state index in [1.807, 2.05) is 0 Å². The van der Waals surface area contributed by atoms with Gasteiger partial charge in [-0.15, -0.1) is 0 Å². The molecule has 0 fully saturated rings. The molecular formula is C45H75Cl3Si7Ti. The van der Waals surface area contributed by atoms with Crippen molar-refractivity contribution in [2.45, 2.75) is 146 Å². The number of halogens is 3. The van der Waals surface area contributed by atoms with Crippen LogP contribution in [0.2, 0.25) is 118 Å². The van der Waals surface area contributed by atoms with Crippen LogP contribution in [0.15, 0.2) is 54.6 Å². The molecule has 0 aliphatic heterocycles. The molecule has 0 bridgehead atoms. The number of rotatable bonds is 10. The van der Waals surface area contributed by atoms with Crippen molar-refractivity contribution in [2.24, 2.45) is 0 Å². The molecule has 4 aromatic rings. The van der Waals surface area contributed by atoms with Crippen molar-refractivity contribution >= 4 is 108 Å². The summed E-state index contributed by atoms with van der Waals surface area (Å²) in [7, 11) is -13.9. The molecule has 0 aliphatic rings. The molecule has 4 aromatic carbocycles. The number of benzene rings is 3. The first-order valence-corrected chi connectivity index (χ1v) is 43.0. The maximum Gasteiger partial charge on any atom is 4.00 e. The van der Waals surface area contributed by atoms with E-state index in [0.717, 1.165) is 0 Å². The van der Waals surface area contributed by atoms with Crippen molar-refractivity contribution in [3.05, 3.63) is 76.9 Å². The van der Waals surface area contributed by atoms with Crippen LogP contribution in [-0.2, 0) is 21.7 Å². The van der Waals surface area contributed by atoms with Gasteiger partial charge in [-0.05, 0) is 15.6 Å². The second-order valence-electron chi connectivity index (χ2n) is 22.3. The van der Waals surface area contributed by atoms with E-state index in [9.17, 15) is 0 Å². The topological polar surface area (TPSA) is 0 Å². The van der Waals surface area contributed by atoms with Crippen molar-refractivity contribution in [2.75, 3.05) is 0 Å². The van der Waals surface area contributed by atoms with E-state index in [1.165, 1.54) is 11.1 Å². The summed E-state index contributed by atoms with van der Waals surface area (Å²) in [6, 6.07) is 23.3. The molecule has 0 heterocycles. The monoisotopic (exact) mass is 964 g/mol. The minimum Gasteiger partial charge on any atom is -1.00 e. The van der Waals surface area contributed by atoms with Crippen LogP contribution in [0, 0.1) is 27.7 Å². The zero-order chi connectivity index (χ0) is 39.9. The summed E-state index contributed by atoms with van der Waals surface area (Å²) in [5, 5.41) is 17.4. The Kier molecular flexibility index (Phi) is 18.7. The van der Waals surface area contributed by atoms with Gasteiger partial charge in [0.2, 0.25) is 0 Å². The Morgan fingerprint density at radius 3 is 0.768 bits per heavy atom. The molecule has 0 saturated heterocycles. The molecule has 0 nitrogen and oxygen atoms in total. The van der Waals surface area contributed by atoms with Crippen LogP contribution in [0.25, 0.3) is 0 Å². The molecule has 4 rings (SSSR count). The Labute approximate surface area is 386 Å². The summed E-state index contributed by atoms with van der Waals surface area (Å²) in [5.41, 5.74) is 6.13. The van der Waals surface area contributed by atoms with Gasteiger partial charge in [0.25, 0.3) is 0 Å². The van der Waals surface area contributed by atoms with Crippen LogP contribution >= 0.6 is 0 Å². The fraction of sp³-hybridized carbons (Fsp3) is 0.489. The van der Waals surface area contributed by atoms with Crippen LogP contribution in [0.4, 0.5) is 0 Å². The first-order valence-electron chi connectivity index (χ1n) is 20.0. The summed E-state index contributed by atoms with van der Waals surface area (Å²) in [5.74, 6) is 0. The molecule has 308 valence electrons. The van der Waals surface area contributed by atoms with E-state index in [-0.39, 0.29) is 58.9 Å². The van der Waals surface area contributed by atoms with Crippen molar-refractivity contribution in [1.82, 2.24) is 0 Å². The summed E-state index contributed by atoms with van der Waals surface area (Å²) in [6.07, 6.45) is 0. The Balaban J connectivity index is 0.00000756. The predicted molar refractivity (Wildman–Crippen MR) is 262 cm³/mol. The Morgan fingerprint density at radius 1 is 0.357 bits per heavy atom. The quantitative estimate of drug-likeness (QED) is 0.101. The largest absolute Gasteiger partial charge is 4.00 e. The van der Waals surface area contributed by atoms with Gasteiger partial charge in [-0.3, -0.25) is 0 Å². The first-order chi connectivity index (χ1) is 23.3. The normalized spacial score (nSPS) is 13.0. The van der Waals surface area contributed by atoms with Gasteiger partial charge >= 0.3 is 21.7 Å². The molecule has 11 heteroatoms. The van der Waals surface area contributed by atoms with Crippen molar-refractivity contribution in [3.8, 4) is 0 Å². The number of hydrogen-bond acceptors (Lipinski definition) is 0. The van der Waals surface area contributed by atoms with Crippen LogP contribution in [0.3, 0.4) is 0 Å². The SMILES string of the molecule is Cc1c(C)c([Si](c2cccc([Si](C)(C)C)c2[Si](C)(C)C)(c2cccc([Si](C)(C)C)c2[Si](C)(C)C)c2cccc([Si](C)(C)C)c2[Si](C)(C)C)[c-](C)c1C.[Cl-].[Cl-].[Cl-].[Ti+4]. The van der Waals surface area contributed by atoms with Gasteiger partial charge < -0.3 is 37.2 Å². The maximum atomic E-state index is 2.70. The van der Waals surface area contributed by atoms with Crippen LogP contribution in [0.1, 0.15) is 22.3 Å². The van der Waals surface area contributed by atoms with Gasteiger partial charge in [-0.2, -0.15) is 27.4 Å². The smallest absolute Gasteiger partial charge is 1.00 e. The van der Waals surface area contributed by atoms with E-state index in [0.29, 0.717) is 0 Å². The second kappa shape index (κ2) is 18.6. The summed E-state index contributed by atoms with van der Waals surface area (Å²) in [6.45, 7) is 57.2. The average molecular weight is 967 g/mol. The molecule has 0 aliphatic carbocycles. The van der Waals surface area contributed by atoms with Gasteiger partial charge in [0.15, 0.2) is 8.07 Å². The molecule has 0 spiro atoms. The molecule has 56 heavy (non-hydrogen) atoms. The minimum absolute atomic E-state index is 0. The van der Waals surface area contributed by atoms with Gasteiger partial charge in [-0.25, -0.2) is 0 Å². The van der Waals surface area contributed by atoms with Crippen molar-refractivity contribution in [1.29, 1.82) is 0 Å². The zero-order valence-electron chi connectivity index (χ0n) is 39.3. The summed E-state index contributed by atoms with van der Waals surface area (Å²) < 4.78 is 0. The minimum atomic E-state index is -3.02. The molecule has 0 aromatic heterocycles. The standard InChI is InChI=1S/C45H75Si7.3ClH.Ti/c1-32-33(2)35(4)42(34(32)3)52(39-29-23-26-36(46(5,6)7)43(39)49(14,15)16,40-30-24-27-37(47(8,9)10)44(40)50(17,18)19)41-31-25-28-38(48(11,12)13)45(41)51(20,21)22;;;;/h23-31H,1-22H3;3*1H;/q-1;;;;+4/p-3. The third-order valence-electron chi connectivity index (χ3n) is 11.9. The Bertz CT molecular complexity index is 1790. The summed E-state index contributed by atoms with van der Waals surface area (Å²) >= 11 is 0. The third-order valence-corrected chi connectivity index (χ3v) is 30.8. The first kappa shape index (κ1) is 56.1. The molecule has 0 atom stereocenters. The number of hydrogen-bond donors (Lipinski definition) is 0. The molecule has 0 unspecified atom stereocenters. The molecule has 0 amide bonds. The maximum absolute atomic E-state index is 3.02. The predicted octanol–water partition coefficient (Wildman–Crippen LogP) is -1.70. The molecule has 0 radical (unpaired) electrons. The molecule has 0 saturated carbocycles. The van der Waals surface area contributed by atoms with Gasteiger partial charge in [-0.1, -0.05) is 231 Å². The van der Waals surface area contributed by atoms with Crippen molar-refractivity contribution in [3.63, 3.8) is 0 Å². The summed E-state index contributed by atoms with van der Waals surface area (Å²) in [4.78, 5) is 0. The van der Waals surface area contributed by atoms with E-state index < -0.39 is 56.5 Å². The third kappa shape index (κ3) is 10.2. The van der Waals surface area contributed by atoms with E-state index in [4.69, 9.17) is 0 Å². The zero-order valence-corrected chi connectivity index (χ0v) is 50.2. The van der Waals surface area contributed by atoms with E-state index in [1.54, 1.807) is 63.0 Å². The van der Waals surface area contributed by atoms with Crippen molar-refractivity contribution < 1.29 is 58.9 Å². The fourth-order valence-electron chi connectivity index (χ4n) is 9.51. The van der Waals surface area contributed by atoms with Gasteiger partial charge in [0, 0.05) is 0 Å². The van der Waals surface area contributed by atoms with Gasteiger partial charge in [0.1, 0.15) is 0 Å². The van der Waals surface area contributed by atoms with E-state index >= 15 is 0 Å². The Morgan fingerprint density at radius 2 is 0.589 bits per heavy atom. The molecule has 0 N–H and O–H groups in total. The van der Waals surface area contributed by atoms with E-state index in [2.05, 4.69) is 200 Å².